The van der Waals surface area contributed by atoms with Gasteiger partial charge >= 0.3 is 33.4 Å². The molecule has 2 aromatic carbocycles. The van der Waals surface area contributed by atoms with E-state index in [4.69, 9.17) is 9.29 Å². The average molecular weight is 422 g/mol. The molecule has 12 heteroatoms. The molecule has 28 heavy (non-hydrogen) atoms. The standard InChI is InChI=1S/C16H10F4O7S/c17-15(18,16(19,20)28(23,24)25)27-14(22)11-8-4-5-9-12(11)26-13(21)10-6-2-1-3-7-10/h1-9H,(H,23,24,25). The maximum absolute atomic E-state index is 13.5. The lowest BCUT2D eigenvalue weighted by Crippen LogP contribution is -2.49. The molecule has 0 aliphatic heterocycles. The SMILES string of the molecule is O=C(Oc1ccccc1C(=O)OC(F)(F)C(F)(F)S(=O)(=O)O)c1ccccc1. The number of benzene rings is 2. The lowest BCUT2D eigenvalue weighted by molar-refractivity contribution is -0.289. The van der Waals surface area contributed by atoms with Gasteiger partial charge in [-0.2, -0.15) is 26.0 Å². The highest BCUT2D eigenvalue weighted by Crippen LogP contribution is 2.40. The van der Waals surface area contributed by atoms with Crippen LogP contribution in [0.1, 0.15) is 20.7 Å². The van der Waals surface area contributed by atoms with Crippen LogP contribution < -0.4 is 4.74 Å². The van der Waals surface area contributed by atoms with Gasteiger partial charge in [-0.25, -0.2) is 9.59 Å². The predicted octanol–water partition coefficient (Wildman–Crippen LogP) is 3.14. The summed E-state index contributed by atoms with van der Waals surface area (Å²) in [5, 5.41) is -6.11. The van der Waals surface area contributed by atoms with Gasteiger partial charge in [-0.05, 0) is 24.3 Å². The summed E-state index contributed by atoms with van der Waals surface area (Å²) in [6, 6.07) is 11.5. The molecule has 0 unspecified atom stereocenters. The minimum absolute atomic E-state index is 0.0360. The van der Waals surface area contributed by atoms with Gasteiger partial charge in [0.25, 0.3) is 0 Å². The van der Waals surface area contributed by atoms with E-state index >= 15 is 0 Å². The molecule has 0 bridgehead atoms. The number of halogens is 4. The fourth-order valence-corrected chi connectivity index (χ4v) is 2.18. The van der Waals surface area contributed by atoms with Crippen LogP contribution in [0.15, 0.2) is 54.6 Å². The summed E-state index contributed by atoms with van der Waals surface area (Å²) in [5.74, 6) is -3.71. The third-order valence-electron chi connectivity index (χ3n) is 3.20. The Morgan fingerprint density at radius 2 is 1.39 bits per heavy atom. The van der Waals surface area contributed by atoms with Crippen molar-refractivity contribution in [3.8, 4) is 5.75 Å². The molecule has 2 aromatic rings. The molecule has 0 aliphatic rings. The molecule has 0 spiro atoms. The van der Waals surface area contributed by atoms with E-state index in [0.29, 0.717) is 0 Å². The summed E-state index contributed by atoms with van der Waals surface area (Å²) >= 11 is 0. The summed E-state index contributed by atoms with van der Waals surface area (Å²) in [7, 11) is -6.60. The Kier molecular flexibility index (Phi) is 5.75. The van der Waals surface area contributed by atoms with E-state index in [-0.39, 0.29) is 5.56 Å². The molecule has 0 aliphatic carbocycles. The third kappa shape index (κ3) is 4.28. The van der Waals surface area contributed by atoms with Crippen LogP contribution in [0.25, 0.3) is 0 Å². The van der Waals surface area contributed by atoms with Crippen molar-refractivity contribution in [2.45, 2.75) is 11.4 Å². The molecular weight excluding hydrogens is 412 g/mol. The van der Waals surface area contributed by atoms with Crippen molar-refractivity contribution in [3.05, 3.63) is 65.7 Å². The quantitative estimate of drug-likeness (QED) is 0.330. The summed E-state index contributed by atoms with van der Waals surface area (Å²) < 4.78 is 90.6. The van der Waals surface area contributed by atoms with Crippen molar-refractivity contribution in [2.75, 3.05) is 0 Å². The van der Waals surface area contributed by atoms with Crippen molar-refractivity contribution in [1.29, 1.82) is 0 Å². The fourth-order valence-electron chi connectivity index (χ4n) is 1.84. The lowest BCUT2D eigenvalue weighted by Gasteiger charge is -2.23. The van der Waals surface area contributed by atoms with Gasteiger partial charge < -0.3 is 9.47 Å². The van der Waals surface area contributed by atoms with Crippen molar-refractivity contribution in [1.82, 2.24) is 0 Å². The first-order valence-electron chi connectivity index (χ1n) is 7.19. The second-order valence-corrected chi connectivity index (χ2v) is 6.61. The van der Waals surface area contributed by atoms with Crippen LogP contribution in [0.3, 0.4) is 0 Å². The van der Waals surface area contributed by atoms with Gasteiger partial charge in [0.05, 0.1) is 5.56 Å². The zero-order valence-corrected chi connectivity index (χ0v) is 14.3. The van der Waals surface area contributed by atoms with E-state index in [9.17, 15) is 35.6 Å². The van der Waals surface area contributed by atoms with Gasteiger partial charge in [0.1, 0.15) is 11.3 Å². The number of para-hydroxylation sites is 1. The summed E-state index contributed by atoms with van der Waals surface area (Å²) in [6.45, 7) is 0. The van der Waals surface area contributed by atoms with E-state index < -0.39 is 44.7 Å². The first kappa shape index (κ1) is 21.3. The summed E-state index contributed by atoms with van der Waals surface area (Å²) in [5.41, 5.74) is -0.827. The Hall–Kier alpha value is -2.99. The molecule has 0 fully saturated rings. The molecule has 150 valence electrons. The Bertz CT molecular complexity index is 991. The van der Waals surface area contributed by atoms with Gasteiger partial charge in [0.2, 0.25) is 0 Å². The Labute approximate surface area is 155 Å². The zero-order chi connectivity index (χ0) is 21.2. The topological polar surface area (TPSA) is 107 Å². The normalized spacial score (nSPS) is 12.3. The van der Waals surface area contributed by atoms with Gasteiger partial charge in [-0.15, -0.1) is 0 Å². The van der Waals surface area contributed by atoms with Crippen LogP contribution in [0.2, 0.25) is 0 Å². The molecule has 0 heterocycles. The number of rotatable bonds is 6. The van der Waals surface area contributed by atoms with Crippen LogP contribution >= 0.6 is 0 Å². The van der Waals surface area contributed by atoms with Gasteiger partial charge in [-0.3, -0.25) is 4.55 Å². The molecule has 0 atom stereocenters. The van der Waals surface area contributed by atoms with Gasteiger partial charge in [0.15, 0.2) is 0 Å². The molecular formula is C16H10F4O7S. The maximum atomic E-state index is 13.5. The lowest BCUT2D eigenvalue weighted by atomic mass is 10.2. The second-order valence-electron chi connectivity index (χ2n) is 5.15. The molecule has 1 N–H and O–H groups in total. The largest absolute Gasteiger partial charge is 0.485 e. The van der Waals surface area contributed by atoms with Crippen molar-refractivity contribution in [2.24, 2.45) is 0 Å². The van der Waals surface area contributed by atoms with E-state index in [1.165, 1.54) is 30.3 Å². The second kappa shape index (κ2) is 7.56. The van der Waals surface area contributed by atoms with E-state index in [1.807, 2.05) is 0 Å². The predicted molar refractivity (Wildman–Crippen MR) is 84.7 cm³/mol. The fraction of sp³-hybridized carbons (Fsp3) is 0.125. The number of hydrogen-bond acceptors (Lipinski definition) is 6. The molecule has 7 nitrogen and oxygen atoms in total. The van der Waals surface area contributed by atoms with E-state index in [1.54, 1.807) is 6.07 Å². The Morgan fingerprint density at radius 3 is 1.96 bits per heavy atom. The van der Waals surface area contributed by atoms with Crippen LogP contribution in [0.4, 0.5) is 17.6 Å². The maximum Gasteiger partial charge on any atom is 0.485 e. The highest BCUT2D eigenvalue weighted by atomic mass is 32.2. The summed E-state index contributed by atoms with van der Waals surface area (Å²) in [4.78, 5) is 23.9. The smallest absolute Gasteiger partial charge is 0.422 e. The Balaban J connectivity index is 2.29. The van der Waals surface area contributed by atoms with Crippen LogP contribution in [0.5, 0.6) is 5.75 Å². The molecule has 0 saturated heterocycles. The Morgan fingerprint density at radius 1 is 0.857 bits per heavy atom. The van der Waals surface area contributed by atoms with Crippen LogP contribution in [0, 0.1) is 0 Å². The molecule has 0 aromatic heterocycles. The zero-order valence-electron chi connectivity index (χ0n) is 13.5. The minimum Gasteiger partial charge on any atom is -0.422 e. The molecule has 0 amide bonds. The number of carbonyl (C=O) groups excluding carboxylic acids is 2. The molecule has 2 rings (SSSR count). The number of ether oxygens (including phenoxy) is 2. The number of esters is 2. The first-order chi connectivity index (χ1) is 12.9. The average Bonchev–Trinajstić information content (AvgIpc) is 2.61. The summed E-state index contributed by atoms with van der Waals surface area (Å²) in [6.07, 6.45) is -5.91. The van der Waals surface area contributed by atoms with Crippen LogP contribution in [-0.4, -0.2) is 36.3 Å². The van der Waals surface area contributed by atoms with E-state index in [0.717, 1.165) is 18.2 Å². The number of alkyl halides is 4. The molecule has 0 saturated carbocycles. The van der Waals surface area contributed by atoms with Crippen LogP contribution in [-0.2, 0) is 14.9 Å². The van der Waals surface area contributed by atoms with Crippen molar-refractivity contribution >= 4 is 22.1 Å². The highest BCUT2D eigenvalue weighted by Gasteiger charge is 2.69. The van der Waals surface area contributed by atoms with E-state index in [2.05, 4.69) is 4.74 Å². The monoisotopic (exact) mass is 422 g/mol. The van der Waals surface area contributed by atoms with Crippen molar-refractivity contribution in [3.63, 3.8) is 0 Å². The van der Waals surface area contributed by atoms with Crippen molar-refractivity contribution < 1.29 is 49.6 Å². The minimum atomic E-state index is -6.60. The first-order valence-corrected chi connectivity index (χ1v) is 8.63. The third-order valence-corrected chi connectivity index (χ3v) is 4.09. The highest BCUT2D eigenvalue weighted by molar-refractivity contribution is 7.86. The van der Waals surface area contributed by atoms with Gasteiger partial charge in [-0.1, -0.05) is 30.3 Å². The number of hydrogen-bond donors (Lipinski definition) is 1. The van der Waals surface area contributed by atoms with Gasteiger partial charge in [0, 0.05) is 0 Å². The molecule has 0 radical (unpaired) electrons. The number of carbonyl (C=O) groups is 2.